The van der Waals surface area contributed by atoms with Crippen LogP contribution in [-0.4, -0.2) is 20.1 Å². The number of nitriles is 1. The number of methoxy groups -OCH3 is 2. The summed E-state index contributed by atoms with van der Waals surface area (Å²) in [4.78, 5) is 12.3. The number of hydrogen-bond acceptors (Lipinski definition) is 5. The molecule has 0 fully saturated rings. The van der Waals surface area contributed by atoms with Gasteiger partial charge in [0.15, 0.2) is 0 Å². The molecule has 2 aromatic rings. The molecule has 1 amide bonds. The average Bonchev–Trinajstić information content (AvgIpc) is 2.65. The second-order valence-electron chi connectivity index (χ2n) is 5.56. The molecule has 0 saturated carbocycles. The predicted octanol–water partition coefficient (Wildman–Crippen LogP) is 3.15. The van der Waals surface area contributed by atoms with Crippen LogP contribution in [0.3, 0.4) is 0 Å². The van der Waals surface area contributed by atoms with Crippen molar-refractivity contribution < 1.29 is 14.3 Å². The Bertz CT molecular complexity index is 854. The lowest BCUT2D eigenvalue weighted by molar-refractivity contribution is -0.112. The molecule has 0 aliphatic heterocycles. The number of hydrogen-bond donors (Lipinski definition) is 2. The van der Waals surface area contributed by atoms with Gasteiger partial charge in [0.2, 0.25) is 0 Å². The first-order valence-corrected chi connectivity index (χ1v) is 8.00. The first kappa shape index (κ1) is 18.9. The van der Waals surface area contributed by atoms with E-state index in [0.29, 0.717) is 18.0 Å². The molecule has 0 atom stereocenters. The number of anilines is 1. The van der Waals surface area contributed by atoms with E-state index in [1.807, 2.05) is 43.3 Å². The lowest BCUT2D eigenvalue weighted by Crippen LogP contribution is -2.17. The number of amides is 1. The molecule has 0 bridgehead atoms. The minimum absolute atomic E-state index is 0.0311. The topological polar surface area (TPSA) is 83.4 Å². The molecule has 2 N–H and O–H groups in total. The number of carbonyl (C=O) groups excluding carboxylic acids is 1. The molecular weight excluding hydrogens is 330 g/mol. The SMILES string of the molecule is COc1cccc(CN/C=C(/C#N)C(=O)Nc2cc(C)ccc2OC)c1. The molecule has 26 heavy (non-hydrogen) atoms. The van der Waals surface area contributed by atoms with Crippen molar-refractivity contribution in [3.8, 4) is 17.6 Å². The Hall–Kier alpha value is -3.46. The number of rotatable bonds is 7. The third kappa shape index (κ3) is 5.02. The molecule has 0 aliphatic carbocycles. The summed E-state index contributed by atoms with van der Waals surface area (Å²) in [5, 5.41) is 14.9. The Labute approximate surface area is 153 Å². The highest BCUT2D eigenvalue weighted by atomic mass is 16.5. The Kier molecular flexibility index (Phi) is 6.63. The van der Waals surface area contributed by atoms with E-state index < -0.39 is 5.91 Å². The third-order valence-electron chi connectivity index (χ3n) is 3.65. The van der Waals surface area contributed by atoms with Crippen LogP contribution in [0.4, 0.5) is 5.69 Å². The number of nitrogens with zero attached hydrogens (tertiary/aromatic N) is 1. The van der Waals surface area contributed by atoms with Crippen molar-refractivity contribution in [3.05, 3.63) is 65.4 Å². The van der Waals surface area contributed by atoms with E-state index >= 15 is 0 Å². The smallest absolute Gasteiger partial charge is 0.267 e. The van der Waals surface area contributed by atoms with Gasteiger partial charge in [-0.1, -0.05) is 18.2 Å². The Balaban J connectivity index is 2.05. The van der Waals surface area contributed by atoms with Gasteiger partial charge in [-0.25, -0.2) is 0 Å². The maximum atomic E-state index is 12.3. The molecule has 2 aromatic carbocycles. The first-order chi connectivity index (χ1) is 12.6. The van der Waals surface area contributed by atoms with Crippen LogP contribution in [-0.2, 0) is 11.3 Å². The lowest BCUT2D eigenvalue weighted by atomic mass is 10.2. The van der Waals surface area contributed by atoms with Crippen molar-refractivity contribution in [2.24, 2.45) is 0 Å². The van der Waals surface area contributed by atoms with Crippen molar-refractivity contribution >= 4 is 11.6 Å². The summed E-state index contributed by atoms with van der Waals surface area (Å²) in [6.07, 6.45) is 1.40. The van der Waals surface area contributed by atoms with Crippen molar-refractivity contribution in [3.63, 3.8) is 0 Å². The lowest BCUT2D eigenvalue weighted by Gasteiger charge is -2.11. The van der Waals surface area contributed by atoms with Crippen LogP contribution >= 0.6 is 0 Å². The second kappa shape index (κ2) is 9.14. The minimum Gasteiger partial charge on any atom is -0.497 e. The van der Waals surface area contributed by atoms with Gasteiger partial charge in [0.05, 0.1) is 19.9 Å². The van der Waals surface area contributed by atoms with E-state index in [-0.39, 0.29) is 5.57 Å². The molecule has 6 nitrogen and oxygen atoms in total. The van der Waals surface area contributed by atoms with Gasteiger partial charge in [-0.3, -0.25) is 4.79 Å². The molecule has 0 unspecified atom stereocenters. The second-order valence-corrected chi connectivity index (χ2v) is 5.56. The normalized spacial score (nSPS) is 10.6. The molecule has 2 rings (SSSR count). The molecule has 0 saturated heterocycles. The van der Waals surface area contributed by atoms with E-state index in [4.69, 9.17) is 9.47 Å². The summed E-state index contributed by atoms with van der Waals surface area (Å²) < 4.78 is 10.4. The van der Waals surface area contributed by atoms with E-state index in [9.17, 15) is 10.1 Å². The minimum atomic E-state index is -0.505. The summed E-state index contributed by atoms with van der Waals surface area (Å²) >= 11 is 0. The Morgan fingerprint density at radius 1 is 1.19 bits per heavy atom. The van der Waals surface area contributed by atoms with Crippen LogP contribution in [0, 0.1) is 18.3 Å². The van der Waals surface area contributed by atoms with Gasteiger partial charge in [-0.2, -0.15) is 5.26 Å². The van der Waals surface area contributed by atoms with E-state index in [0.717, 1.165) is 16.9 Å². The first-order valence-electron chi connectivity index (χ1n) is 8.00. The van der Waals surface area contributed by atoms with E-state index in [1.54, 1.807) is 19.2 Å². The standard InChI is InChI=1S/C20H21N3O3/c1-14-7-8-19(26-3)18(9-14)23-20(24)16(11-21)13-22-12-15-5-4-6-17(10-15)25-2/h4-10,13,22H,12H2,1-3H3,(H,23,24)/b16-13-. The summed E-state index contributed by atoms with van der Waals surface area (Å²) in [6.45, 7) is 2.37. The maximum Gasteiger partial charge on any atom is 0.267 e. The number of benzene rings is 2. The van der Waals surface area contributed by atoms with Crippen molar-refractivity contribution in [1.82, 2.24) is 5.32 Å². The zero-order chi connectivity index (χ0) is 18.9. The fraction of sp³-hybridized carbons (Fsp3) is 0.200. The number of aryl methyl sites for hydroxylation is 1. The molecule has 6 heteroatoms. The average molecular weight is 351 g/mol. The summed E-state index contributed by atoms with van der Waals surface area (Å²) in [7, 11) is 3.13. The van der Waals surface area contributed by atoms with Gasteiger partial charge in [-0.05, 0) is 42.3 Å². The Morgan fingerprint density at radius 2 is 2.00 bits per heavy atom. The van der Waals surface area contributed by atoms with E-state index in [2.05, 4.69) is 10.6 Å². The van der Waals surface area contributed by atoms with Crippen LogP contribution in [0.1, 0.15) is 11.1 Å². The summed E-state index contributed by atoms with van der Waals surface area (Å²) in [5.74, 6) is 0.776. The monoisotopic (exact) mass is 351 g/mol. The van der Waals surface area contributed by atoms with Crippen molar-refractivity contribution in [2.45, 2.75) is 13.5 Å². The largest absolute Gasteiger partial charge is 0.497 e. The molecule has 0 aliphatic rings. The molecule has 0 aromatic heterocycles. The van der Waals surface area contributed by atoms with Crippen molar-refractivity contribution in [1.29, 1.82) is 5.26 Å². The molecule has 134 valence electrons. The van der Waals surface area contributed by atoms with Gasteiger partial charge in [0.25, 0.3) is 5.91 Å². The Morgan fingerprint density at radius 3 is 2.69 bits per heavy atom. The van der Waals surface area contributed by atoms with Crippen LogP contribution in [0.2, 0.25) is 0 Å². The third-order valence-corrected chi connectivity index (χ3v) is 3.65. The van der Waals surface area contributed by atoms with Gasteiger partial charge in [-0.15, -0.1) is 0 Å². The highest BCUT2D eigenvalue weighted by Gasteiger charge is 2.12. The van der Waals surface area contributed by atoms with Gasteiger partial charge < -0.3 is 20.1 Å². The highest BCUT2D eigenvalue weighted by Crippen LogP contribution is 2.25. The zero-order valence-electron chi connectivity index (χ0n) is 15.0. The molecule has 0 heterocycles. The van der Waals surface area contributed by atoms with Crippen LogP contribution < -0.4 is 20.1 Å². The quantitative estimate of drug-likeness (QED) is 0.591. The number of ether oxygens (including phenoxy) is 2. The van der Waals surface area contributed by atoms with Crippen molar-refractivity contribution in [2.75, 3.05) is 19.5 Å². The molecular formula is C20H21N3O3. The fourth-order valence-corrected chi connectivity index (χ4v) is 2.31. The van der Waals surface area contributed by atoms with Gasteiger partial charge in [0, 0.05) is 12.7 Å². The van der Waals surface area contributed by atoms with Crippen LogP contribution in [0.15, 0.2) is 54.2 Å². The summed E-state index contributed by atoms with van der Waals surface area (Å²) in [6, 6.07) is 14.9. The van der Waals surface area contributed by atoms with Crippen LogP contribution in [0.5, 0.6) is 11.5 Å². The highest BCUT2D eigenvalue weighted by molar-refractivity contribution is 6.07. The zero-order valence-corrected chi connectivity index (χ0v) is 15.0. The molecule has 0 radical (unpaired) electrons. The molecule has 0 spiro atoms. The maximum absolute atomic E-state index is 12.3. The number of nitrogens with one attached hydrogen (secondary N) is 2. The predicted molar refractivity (Wildman–Crippen MR) is 99.9 cm³/mol. The number of carbonyl (C=O) groups is 1. The van der Waals surface area contributed by atoms with Crippen LogP contribution in [0.25, 0.3) is 0 Å². The van der Waals surface area contributed by atoms with Gasteiger partial charge >= 0.3 is 0 Å². The van der Waals surface area contributed by atoms with E-state index in [1.165, 1.54) is 13.3 Å². The van der Waals surface area contributed by atoms with Gasteiger partial charge in [0.1, 0.15) is 23.1 Å². The summed E-state index contributed by atoms with van der Waals surface area (Å²) in [5.41, 5.74) is 2.43. The fourth-order valence-electron chi connectivity index (χ4n) is 2.31.